The number of fused-ring (bicyclic) bond motifs is 1. The van der Waals surface area contributed by atoms with Crippen LogP contribution in [-0.2, 0) is 16.1 Å². The zero-order chi connectivity index (χ0) is 20.1. The number of nitrogens with zero attached hydrogens (tertiary/aromatic N) is 2. The number of ether oxygens (including phenoxy) is 1. The largest absolute Gasteiger partial charge is 0.367 e. The minimum Gasteiger partial charge on any atom is -0.367 e. The Kier molecular flexibility index (Phi) is 5.32. The minimum atomic E-state index is -0.259. The van der Waals surface area contributed by atoms with E-state index in [9.17, 15) is 4.79 Å². The highest BCUT2D eigenvalue weighted by molar-refractivity contribution is 6.01. The molecule has 0 saturated heterocycles. The molecule has 1 amide bonds. The molecule has 0 aliphatic carbocycles. The monoisotopic (exact) mass is 382 g/mol. The molecule has 0 aliphatic heterocycles. The van der Waals surface area contributed by atoms with Crippen molar-refractivity contribution < 1.29 is 9.53 Å². The number of benzene rings is 3. The fourth-order valence-corrected chi connectivity index (χ4v) is 3.04. The average molecular weight is 382 g/mol. The van der Waals surface area contributed by atoms with Crippen LogP contribution in [0.4, 0.5) is 5.82 Å². The molecule has 29 heavy (non-hydrogen) atoms. The van der Waals surface area contributed by atoms with Crippen molar-refractivity contribution >= 4 is 22.6 Å². The van der Waals surface area contributed by atoms with Gasteiger partial charge in [0.25, 0.3) is 5.91 Å². The van der Waals surface area contributed by atoms with Crippen LogP contribution >= 0.6 is 0 Å². The summed E-state index contributed by atoms with van der Waals surface area (Å²) < 4.78 is 5.47. The number of carbonyl (C=O) groups excluding carboxylic acids is 1. The van der Waals surface area contributed by atoms with Crippen molar-refractivity contribution in [3.63, 3.8) is 0 Å². The zero-order valence-corrected chi connectivity index (χ0v) is 15.6. The molecule has 4 rings (SSSR count). The van der Waals surface area contributed by atoms with Crippen molar-refractivity contribution in [1.29, 1.82) is 5.26 Å². The van der Waals surface area contributed by atoms with Gasteiger partial charge in [-0.2, -0.15) is 10.4 Å². The molecule has 4 aromatic rings. The summed E-state index contributed by atoms with van der Waals surface area (Å²) in [6.07, 6.45) is 0. The molecule has 0 aliphatic rings. The highest BCUT2D eigenvalue weighted by Crippen LogP contribution is 2.27. The predicted molar refractivity (Wildman–Crippen MR) is 111 cm³/mol. The van der Waals surface area contributed by atoms with Gasteiger partial charge in [0.2, 0.25) is 0 Å². The van der Waals surface area contributed by atoms with Crippen molar-refractivity contribution in [2.24, 2.45) is 0 Å². The van der Waals surface area contributed by atoms with Gasteiger partial charge in [0.1, 0.15) is 6.61 Å². The Bertz CT molecular complexity index is 1180. The molecule has 6 heteroatoms. The van der Waals surface area contributed by atoms with Crippen LogP contribution in [0.3, 0.4) is 0 Å². The lowest BCUT2D eigenvalue weighted by Crippen LogP contribution is -2.18. The first kappa shape index (κ1) is 18.4. The van der Waals surface area contributed by atoms with E-state index in [0.29, 0.717) is 18.0 Å². The van der Waals surface area contributed by atoms with Crippen LogP contribution in [0.5, 0.6) is 0 Å². The molecule has 142 valence electrons. The predicted octanol–water partition coefficient (Wildman–Crippen LogP) is 4.26. The van der Waals surface area contributed by atoms with E-state index in [-0.39, 0.29) is 12.5 Å². The molecule has 2 N–H and O–H groups in total. The molecule has 6 nitrogen and oxygen atoms in total. The van der Waals surface area contributed by atoms with Crippen LogP contribution in [0.2, 0.25) is 0 Å². The highest BCUT2D eigenvalue weighted by Gasteiger charge is 2.11. The minimum absolute atomic E-state index is 0.0490. The second kappa shape index (κ2) is 8.38. The van der Waals surface area contributed by atoms with Gasteiger partial charge in [-0.05, 0) is 41.0 Å². The quantitative estimate of drug-likeness (QED) is 0.521. The smallest absolute Gasteiger partial charge is 0.251 e. The van der Waals surface area contributed by atoms with E-state index in [1.165, 1.54) is 0 Å². The summed E-state index contributed by atoms with van der Waals surface area (Å²) in [4.78, 5) is 12.2. The van der Waals surface area contributed by atoms with Crippen LogP contribution < -0.4 is 5.32 Å². The van der Waals surface area contributed by atoms with Gasteiger partial charge in [-0.15, -0.1) is 0 Å². The van der Waals surface area contributed by atoms with E-state index in [4.69, 9.17) is 10.00 Å². The van der Waals surface area contributed by atoms with E-state index in [1.54, 1.807) is 12.1 Å². The fraction of sp³-hybridized carbons (Fsp3) is 0.0870. The molecule has 1 heterocycles. The Morgan fingerprint density at radius 3 is 2.55 bits per heavy atom. The van der Waals surface area contributed by atoms with Gasteiger partial charge in [-0.1, -0.05) is 48.5 Å². The molecule has 0 radical (unpaired) electrons. The van der Waals surface area contributed by atoms with Crippen LogP contribution in [0.15, 0.2) is 72.8 Å². The number of carbonyl (C=O) groups is 1. The zero-order valence-electron chi connectivity index (χ0n) is 15.6. The van der Waals surface area contributed by atoms with E-state index in [1.807, 2.05) is 60.7 Å². The van der Waals surface area contributed by atoms with Gasteiger partial charge >= 0.3 is 0 Å². The van der Waals surface area contributed by atoms with Crippen molar-refractivity contribution in [2.45, 2.75) is 6.61 Å². The normalized spacial score (nSPS) is 10.6. The first-order valence-corrected chi connectivity index (χ1v) is 9.13. The number of nitrogens with one attached hydrogen (secondary N) is 2. The van der Waals surface area contributed by atoms with Gasteiger partial charge in [0.05, 0.1) is 23.8 Å². The second-order valence-electron chi connectivity index (χ2n) is 6.55. The summed E-state index contributed by atoms with van der Waals surface area (Å²) in [5.41, 5.74) is 4.44. The molecule has 1 aromatic heterocycles. The number of aromatic amines is 1. The molecule has 0 bridgehead atoms. The number of rotatable bonds is 6. The van der Waals surface area contributed by atoms with Crippen LogP contribution in [0.25, 0.3) is 22.0 Å². The highest BCUT2D eigenvalue weighted by atomic mass is 16.5. The third-order valence-corrected chi connectivity index (χ3v) is 4.51. The molecule has 0 fully saturated rings. The van der Waals surface area contributed by atoms with E-state index in [2.05, 4.69) is 21.6 Å². The Hall–Kier alpha value is -3.95. The lowest BCUT2D eigenvalue weighted by Gasteiger charge is -2.05. The molecular formula is C23H18N4O2. The van der Waals surface area contributed by atoms with Gasteiger partial charge in [-0.25, -0.2) is 0 Å². The standard InChI is InChI=1S/C23H18N4O2/c24-13-16-6-8-18(9-7-16)19-10-11-20-21(12-19)26-27-23(20)25-22(28)15-29-14-17-4-2-1-3-5-17/h1-12H,14-15H2,(H2,25,26,27,28). The number of H-pyrrole nitrogens is 1. The summed E-state index contributed by atoms with van der Waals surface area (Å²) >= 11 is 0. The van der Waals surface area contributed by atoms with Crippen molar-refractivity contribution in [3.8, 4) is 17.2 Å². The van der Waals surface area contributed by atoms with Gasteiger partial charge < -0.3 is 10.1 Å². The van der Waals surface area contributed by atoms with Crippen molar-refractivity contribution in [1.82, 2.24) is 10.2 Å². The molecule has 0 spiro atoms. The summed E-state index contributed by atoms with van der Waals surface area (Å²) in [5.74, 6) is 0.213. The number of amides is 1. The molecule has 0 atom stereocenters. The Labute approximate surface area is 167 Å². The topological polar surface area (TPSA) is 90.8 Å². The van der Waals surface area contributed by atoms with E-state index >= 15 is 0 Å². The van der Waals surface area contributed by atoms with Crippen molar-refractivity contribution in [2.75, 3.05) is 11.9 Å². The Morgan fingerprint density at radius 2 is 1.79 bits per heavy atom. The van der Waals surface area contributed by atoms with E-state index < -0.39 is 0 Å². The number of hydrogen-bond acceptors (Lipinski definition) is 4. The van der Waals surface area contributed by atoms with E-state index in [0.717, 1.165) is 27.6 Å². The number of aromatic nitrogens is 2. The maximum atomic E-state index is 12.2. The first-order valence-electron chi connectivity index (χ1n) is 9.13. The summed E-state index contributed by atoms with van der Waals surface area (Å²) in [5, 5.41) is 19.7. The average Bonchev–Trinajstić information content (AvgIpc) is 3.16. The van der Waals surface area contributed by atoms with Gasteiger partial charge in [0, 0.05) is 5.39 Å². The third kappa shape index (κ3) is 4.32. The molecule has 3 aromatic carbocycles. The summed E-state index contributed by atoms with van der Waals surface area (Å²) in [6.45, 7) is 0.329. The lowest BCUT2D eigenvalue weighted by atomic mass is 10.0. The fourth-order valence-electron chi connectivity index (χ4n) is 3.04. The van der Waals surface area contributed by atoms with Crippen LogP contribution in [0, 0.1) is 11.3 Å². The number of anilines is 1. The number of hydrogen-bond donors (Lipinski definition) is 2. The molecule has 0 unspecified atom stereocenters. The third-order valence-electron chi connectivity index (χ3n) is 4.51. The summed E-state index contributed by atoms with van der Waals surface area (Å²) in [7, 11) is 0. The molecular weight excluding hydrogens is 364 g/mol. The lowest BCUT2D eigenvalue weighted by molar-refractivity contribution is -0.121. The molecule has 0 saturated carbocycles. The van der Waals surface area contributed by atoms with Crippen molar-refractivity contribution in [3.05, 3.63) is 83.9 Å². The maximum Gasteiger partial charge on any atom is 0.251 e. The van der Waals surface area contributed by atoms with Crippen LogP contribution in [-0.4, -0.2) is 22.7 Å². The Balaban J connectivity index is 1.42. The SMILES string of the molecule is N#Cc1ccc(-c2ccc3c(NC(=O)COCc4ccccc4)n[nH]c3c2)cc1. The van der Waals surface area contributed by atoms with Crippen LogP contribution in [0.1, 0.15) is 11.1 Å². The Morgan fingerprint density at radius 1 is 1.03 bits per heavy atom. The van der Waals surface area contributed by atoms with Gasteiger partial charge in [0.15, 0.2) is 5.82 Å². The second-order valence-corrected chi connectivity index (χ2v) is 6.55. The maximum absolute atomic E-state index is 12.2. The number of nitriles is 1. The van der Waals surface area contributed by atoms with Gasteiger partial charge in [-0.3, -0.25) is 9.89 Å². The first-order chi connectivity index (χ1) is 14.2. The summed E-state index contributed by atoms with van der Waals surface area (Å²) in [6, 6.07) is 25.0.